The predicted molar refractivity (Wildman–Crippen MR) is 120 cm³/mol. The fourth-order valence-electron chi connectivity index (χ4n) is 3.72. The highest BCUT2D eigenvalue weighted by Gasteiger charge is 2.38. The molecule has 0 radical (unpaired) electrons. The van der Waals surface area contributed by atoms with Gasteiger partial charge in [0.2, 0.25) is 10.0 Å². The first-order valence-corrected chi connectivity index (χ1v) is 13.2. The van der Waals surface area contributed by atoms with E-state index in [-0.39, 0.29) is 30.1 Å². The Morgan fingerprint density at radius 1 is 1.15 bits per heavy atom. The van der Waals surface area contributed by atoms with Crippen molar-refractivity contribution in [2.24, 2.45) is 0 Å². The average Bonchev–Trinajstić information content (AvgIpc) is 2.66. The number of amides is 1. The molecule has 34 heavy (non-hydrogen) atoms. The number of carboxylic acid groups (broad SMARTS) is 1. The number of ether oxygens (including phenoxy) is 1. The summed E-state index contributed by atoms with van der Waals surface area (Å²) in [6.45, 7) is 2.89. The molecule has 186 valence electrons. The molecule has 1 heterocycles. The van der Waals surface area contributed by atoms with Gasteiger partial charge < -0.3 is 9.84 Å². The van der Waals surface area contributed by atoms with Crippen LogP contribution >= 0.6 is 0 Å². The average molecular weight is 520 g/mol. The maximum absolute atomic E-state index is 13.8. The number of benzene rings is 2. The topological polar surface area (TPSA) is 142 Å². The second-order valence-electron chi connectivity index (χ2n) is 8.43. The van der Waals surface area contributed by atoms with Crippen LogP contribution in [0.3, 0.4) is 0 Å². The fraction of sp³-hybridized carbons (Fsp3) is 0.350. The highest BCUT2D eigenvalue weighted by Crippen LogP contribution is 2.40. The second kappa shape index (κ2) is 9.00. The predicted octanol–water partition coefficient (Wildman–Crippen LogP) is 2.73. The molecule has 0 fully saturated rings. The van der Waals surface area contributed by atoms with Crippen molar-refractivity contribution < 1.29 is 40.3 Å². The van der Waals surface area contributed by atoms with E-state index in [2.05, 4.69) is 10.0 Å². The Bertz CT molecular complexity index is 1330. The number of carbonyl (C=O) groups is 1. The summed E-state index contributed by atoms with van der Waals surface area (Å²) in [5, 5.41) is 11.1. The third kappa shape index (κ3) is 5.93. The van der Waals surface area contributed by atoms with Crippen molar-refractivity contribution in [3.8, 4) is 5.75 Å². The summed E-state index contributed by atoms with van der Waals surface area (Å²) in [5.74, 6) is -2.50. The molecule has 10 nitrogen and oxygen atoms in total. The number of sulfonamides is 2. The number of rotatable bonds is 7. The second-order valence-corrected chi connectivity index (χ2v) is 12.0. The minimum atomic E-state index is -4.45. The summed E-state index contributed by atoms with van der Waals surface area (Å²) in [7, 11) is -8.03. The molecule has 14 heteroatoms. The van der Waals surface area contributed by atoms with Gasteiger partial charge in [0, 0.05) is 17.6 Å². The van der Waals surface area contributed by atoms with Crippen LogP contribution in [0.2, 0.25) is 0 Å². The van der Waals surface area contributed by atoms with E-state index >= 15 is 0 Å². The van der Waals surface area contributed by atoms with E-state index in [0.717, 1.165) is 16.6 Å². The molecule has 0 saturated carbocycles. The molecule has 0 saturated heterocycles. The summed E-state index contributed by atoms with van der Waals surface area (Å²) in [6.07, 6.45) is -1.17. The van der Waals surface area contributed by atoms with E-state index in [1.54, 1.807) is 13.8 Å². The maximum atomic E-state index is 13.8. The van der Waals surface area contributed by atoms with Gasteiger partial charge in [0.05, 0.1) is 23.4 Å². The van der Waals surface area contributed by atoms with Crippen molar-refractivity contribution in [2.45, 2.75) is 36.8 Å². The molecule has 1 atom stereocenters. The van der Waals surface area contributed by atoms with E-state index in [1.165, 1.54) is 18.2 Å². The van der Waals surface area contributed by atoms with Crippen LogP contribution < -0.4 is 19.1 Å². The Balaban J connectivity index is 2.06. The van der Waals surface area contributed by atoms with Crippen molar-refractivity contribution in [3.63, 3.8) is 0 Å². The number of fused-ring (bicyclic) bond motifs is 1. The van der Waals surface area contributed by atoms with Gasteiger partial charge in [0.1, 0.15) is 11.9 Å². The zero-order valence-electron chi connectivity index (χ0n) is 18.4. The molecule has 0 aliphatic carbocycles. The fourth-order valence-corrected chi connectivity index (χ4v) is 6.32. The standard InChI is InChI=1S/C20H23F2N3O7S2/c1-20(2,24-33(3,28)29)10-13-11-25(34(30,31)14-5-6-15(21)16(22)9-14)17-8-12(23-19(26)27)4-7-18(17)32-13/h4-9,13,23-24H,10-11H2,1-3H3,(H,26,27). The number of nitrogens with one attached hydrogen (secondary N) is 2. The first kappa shape index (κ1) is 25.6. The van der Waals surface area contributed by atoms with Crippen LogP contribution in [-0.4, -0.2) is 52.5 Å². The molecule has 1 unspecified atom stereocenters. The van der Waals surface area contributed by atoms with Crippen molar-refractivity contribution in [1.82, 2.24) is 4.72 Å². The first-order valence-electron chi connectivity index (χ1n) is 9.85. The SMILES string of the molecule is CC(C)(CC1CN(S(=O)(=O)c2ccc(F)c(F)c2)c2cc(NC(=O)O)ccc2O1)NS(C)(=O)=O. The zero-order valence-corrected chi connectivity index (χ0v) is 20.0. The molecule has 2 aromatic carbocycles. The molecule has 1 aliphatic rings. The van der Waals surface area contributed by atoms with Gasteiger partial charge in [-0.15, -0.1) is 0 Å². The summed E-state index contributed by atoms with van der Waals surface area (Å²) >= 11 is 0. The van der Waals surface area contributed by atoms with Crippen LogP contribution in [0.1, 0.15) is 20.3 Å². The number of halogens is 2. The van der Waals surface area contributed by atoms with Crippen molar-refractivity contribution in [2.75, 3.05) is 22.4 Å². The Kier molecular flexibility index (Phi) is 6.79. The van der Waals surface area contributed by atoms with Crippen molar-refractivity contribution in [1.29, 1.82) is 0 Å². The Hall–Kier alpha value is -2.97. The van der Waals surface area contributed by atoms with Gasteiger partial charge >= 0.3 is 6.09 Å². The van der Waals surface area contributed by atoms with Crippen LogP contribution in [-0.2, 0) is 20.0 Å². The molecular weight excluding hydrogens is 496 g/mol. The lowest BCUT2D eigenvalue weighted by Crippen LogP contribution is -2.50. The van der Waals surface area contributed by atoms with Crippen molar-refractivity contribution >= 4 is 37.5 Å². The first-order chi connectivity index (χ1) is 15.6. The summed E-state index contributed by atoms with van der Waals surface area (Å²) in [5.41, 5.74) is -0.989. The lowest BCUT2D eigenvalue weighted by atomic mass is 9.97. The monoisotopic (exact) mass is 519 g/mol. The smallest absolute Gasteiger partial charge is 0.409 e. The molecule has 2 aromatic rings. The van der Waals surface area contributed by atoms with Crippen LogP contribution in [0.25, 0.3) is 0 Å². The minimum absolute atomic E-state index is 0.0267. The third-order valence-electron chi connectivity index (χ3n) is 4.82. The van der Waals surface area contributed by atoms with Gasteiger partial charge in [-0.25, -0.2) is 35.1 Å². The van der Waals surface area contributed by atoms with Gasteiger partial charge in [-0.05, 0) is 50.2 Å². The van der Waals surface area contributed by atoms with Crippen LogP contribution in [0.4, 0.5) is 25.0 Å². The highest BCUT2D eigenvalue weighted by atomic mass is 32.2. The highest BCUT2D eigenvalue weighted by molar-refractivity contribution is 7.92. The molecule has 0 bridgehead atoms. The number of hydrogen-bond acceptors (Lipinski definition) is 6. The molecular formula is C20H23F2N3O7S2. The normalized spacial score (nSPS) is 16.5. The van der Waals surface area contributed by atoms with E-state index in [1.807, 2.05) is 0 Å². The summed E-state index contributed by atoms with van der Waals surface area (Å²) < 4.78 is 86.7. The molecule has 0 spiro atoms. The molecule has 3 N–H and O–H groups in total. The lowest BCUT2D eigenvalue weighted by molar-refractivity contribution is 0.159. The van der Waals surface area contributed by atoms with Crippen LogP contribution in [0.15, 0.2) is 41.3 Å². The van der Waals surface area contributed by atoms with Gasteiger partial charge in [-0.1, -0.05) is 0 Å². The van der Waals surface area contributed by atoms with E-state index in [9.17, 15) is 30.4 Å². The summed E-state index contributed by atoms with van der Waals surface area (Å²) in [4.78, 5) is 10.5. The van der Waals surface area contributed by atoms with Gasteiger partial charge in [0.25, 0.3) is 10.0 Å². The maximum Gasteiger partial charge on any atom is 0.409 e. The third-order valence-corrected chi connectivity index (χ3v) is 7.52. The zero-order chi connectivity index (χ0) is 25.5. The van der Waals surface area contributed by atoms with Gasteiger partial charge in [0.15, 0.2) is 11.6 Å². The quantitative estimate of drug-likeness (QED) is 0.511. The minimum Gasteiger partial charge on any atom is -0.486 e. The van der Waals surface area contributed by atoms with Crippen LogP contribution in [0.5, 0.6) is 5.75 Å². The van der Waals surface area contributed by atoms with Gasteiger partial charge in [-0.2, -0.15) is 0 Å². The number of nitrogens with zero attached hydrogens (tertiary/aromatic N) is 1. The molecule has 1 amide bonds. The van der Waals surface area contributed by atoms with Crippen LogP contribution in [0, 0.1) is 11.6 Å². The van der Waals surface area contributed by atoms with Crippen molar-refractivity contribution in [3.05, 3.63) is 48.0 Å². The number of hydrogen-bond donors (Lipinski definition) is 3. The van der Waals surface area contributed by atoms with E-state index < -0.39 is 54.3 Å². The van der Waals surface area contributed by atoms with E-state index in [4.69, 9.17) is 9.84 Å². The molecule has 1 aliphatic heterocycles. The Morgan fingerprint density at radius 2 is 1.82 bits per heavy atom. The Morgan fingerprint density at radius 3 is 2.41 bits per heavy atom. The molecule has 0 aromatic heterocycles. The molecule has 3 rings (SSSR count). The largest absolute Gasteiger partial charge is 0.486 e. The lowest BCUT2D eigenvalue weighted by Gasteiger charge is -2.38. The van der Waals surface area contributed by atoms with Gasteiger partial charge in [-0.3, -0.25) is 9.62 Å². The Labute approximate surface area is 195 Å². The van der Waals surface area contributed by atoms with E-state index in [0.29, 0.717) is 12.1 Å². The summed E-state index contributed by atoms with van der Waals surface area (Å²) in [6, 6.07) is 6.09. The number of anilines is 2.